The molecule has 0 spiro atoms. The molecule has 1 fully saturated rings. The summed E-state index contributed by atoms with van der Waals surface area (Å²) in [6, 6.07) is 14.1. The summed E-state index contributed by atoms with van der Waals surface area (Å²) in [6.07, 6.45) is 0. The van der Waals surface area contributed by atoms with Crippen molar-refractivity contribution in [1.29, 1.82) is 0 Å². The predicted octanol–water partition coefficient (Wildman–Crippen LogP) is 3.68. The summed E-state index contributed by atoms with van der Waals surface area (Å²) in [6.45, 7) is 7.56. The van der Waals surface area contributed by atoms with E-state index in [1.165, 1.54) is 11.1 Å². The Morgan fingerprint density at radius 2 is 1.93 bits per heavy atom. The van der Waals surface area contributed by atoms with Gasteiger partial charge in [0.1, 0.15) is 12.3 Å². The van der Waals surface area contributed by atoms with Crippen molar-refractivity contribution in [2.75, 3.05) is 38.7 Å². The summed E-state index contributed by atoms with van der Waals surface area (Å²) in [7, 11) is 0. The summed E-state index contributed by atoms with van der Waals surface area (Å²) in [5, 5.41) is 0.849. The van der Waals surface area contributed by atoms with Crippen LogP contribution >= 0.6 is 11.8 Å². The van der Waals surface area contributed by atoms with Crippen molar-refractivity contribution in [3.63, 3.8) is 0 Å². The standard InChI is InChI=1S/C23H27N3O3S/c1-17-7-8-19(15-18(17)2)29-13-14-30-23-24-20-5-3-4-6-21(20)26(23)16-22(27)25-9-11-28-12-10-25/h3-8,15H,9-14,16H2,1-2H3. The normalized spacial score (nSPS) is 14.3. The quantitative estimate of drug-likeness (QED) is 0.427. The number of nitrogens with zero attached hydrogens (tertiary/aromatic N) is 3. The lowest BCUT2D eigenvalue weighted by Gasteiger charge is -2.27. The molecule has 1 saturated heterocycles. The highest BCUT2D eigenvalue weighted by atomic mass is 32.2. The summed E-state index contributed by atoms with van der Waals surface area (Å²) >= 11 is 1.62. The molecule has 4 rings (SSSR count). The molecule has 7 heteroatoms. The predicted molar refractivity (Wildman–Crippen MR) is 119 cm³/mol. The van der Waals surface area contributed by atoms with Crippen molar-refractivity contribution >= 4 is 28.7 Å². The summed E-state index contributed by atoms with van der Waals surface area (Å²) in [5.74, 6) is 1.74. The molecule has 0 N–H and O–H groups in total. The smallest absolute Gasteiger partial charge is 0.242 e. The number of benzene rings is 2. The Morgan fingerprint density at radius 1 is 1.13 bits per heavy atom. The average molecular weight is 426 g/mol. The van der Waals surface area contributed by atoms with Crippen LogP contribution in [0.15, 0.2) is 47.6 Å². The highest BCUT2D eigenvalue weighted by molar-refractivity contribution is 7.99. The number of ether oxygens (including phenoxy) is 2. The van der Waals surface area contributed by atoms with Gasteiger partial charge in [-0.15, -0.1) is 0 Å². The van der Waals surface area contributed by atoms with Gasteiger partial charge in [-0.05, 0) is 49.2 Å². The number of rotatable bonds is 7. The van der Waals surface area contributed by atoms with Crippen molar-refractivity contribution in [2.45, 2.75) is 25.5 Å². The third kappa shape index (κ3) is 4.79. The average Bonchev–Trinajstić information content (AvgIpc) is 3.11. The van der Waals surface area contributed by atoms with Gasteiger partial charge in [-0.25, -0.2) is 4.98 Å². The Labute approximate surface area is 181 Å². The molecular formula is C23H27N3O3S. The molecular weight excluding hydrogens is 398 g/mol. The van der Waals surface area contributed by atoms with Gasteiger partial charge < -0.3 is 18.9 Å². The molecule has 30 heavy (non-hydrogen) atoms. The maximum atomic E-state index is 12.8. The Bertz CT molecular complexity index is 1030. The van der Waals surface area contributed by atoms with Gasteiger partial charge in [-0.2, -0.15) is 0 Å². The molecule has 1 aromatic heterocycles. The third-order valence-electron chi connectivity index (χ3n) is 5.34. The molecule has 6 nitrogen and oxygen atoms in total. The van der Waals surface area contributed by atoms with Gasteiger partial charge >= 0.3 is 0 Å². The summed E-state index contributed by atoms with van der Waals surface area (Å²) < 4.78 is 13.3. The number of imidazole rings is 1. The van der Waals surface area contributed by atoms with E-state index >= 15 is 0 Å². The maximum Gasteiger partial charge on any atom is 0.242 e. The van der Waals surface area contributed by atoms with Crippen molar-refractivity contribution in [2.24, 2.45) is 0 Å². The van der Waals surface area contributed by atoms with E-state index in [1.807, 2.05) is 39.8 Å². The molecule has 0 saturated carbocycles. The van der Waals surface area contributed by atoms with E-state index in [-0.39, 0.29) is 5.91 Å². The number of aryl methyl sites for hydroxylation is 2. The number of para-hydroxylation sites is 2. The fourth-order valence-electron chi connectivity index (χ4n) is 3.46. The first-order valence-electron chi connectivity index (χ1n) is 10.3. The van der Waals surface area contributed by atoms with E-state index in [4.69, 9.17) is 14.5 Å². The van der Waals surface area contributed by atoms with Gasteiger partial charge in [-0.3, -0.25) is 4.79 Å². The monoisotopic (exact) mass is 425 g/mol. The van der Waals surface area contributed by atoms with Gasteiger partial charge in [0.05, 0.1) is 30.9 Å². The van der Waals surface area contributed by atoms with E-state index in [1.54, 1.807) is 11.8 Å². The molecule has 0 unspecified atom stereocenters. The first-order chi connectivity index (χ1) is 14.6. The van der Waals surface area contributed by atoms with E-state index in [2.05, 4.69) is 26.0 Å². The Balaban J connectivity index is 1.43. The molecule has 158 valence electrons. The highest BCUT2D eigenvalue weighted by Crippen LogP contribution is 2.25. The minimum Gasteiger partial charge on any atom is -0.493 e. The van der Waals surface area contributed by atoms with Gasteiger partial charge in [-0.1, -0.05) is 30.0 Å². The molecule has 1 aliphatic rings. The Hall–Kier alpha value is -2.51. The lowest BCUT2D eigenvalue weighted by atomic mass is 10.1. The van der Waals surface area contributed by atoms with E-state index in [9.17, 15) is 4.79 Å². The SMILES string of the molecule is Cc1ccc(OCCSc2nc3ccccc3n2CC(=O)N2CCOCC2)cc1C. The molecule has 0 atom stereocenters. The second-order valence-electron chi connectivity index (χ2n) is 7.41. The van der Waals surface area contributed by atoms with Crippen LogP contribution in [0.3, 0.4) is 0 Å². The van der Waals surface area contributed by atoms with Gasteiger partial charge in [0, 0.05) is 18.8 Å². The Kier molecular flexibility index (Phi) is 6.59. The molecule has 1 amide bonds. The van der Waals surface area contributed by atoms with Crippen LogP contribution in [0.4, 0.5) is 0 Å². The number of carbonyl (C=O) groups is 1. The lowest BCUT2D eigenvalue weighted by Crippen LogP contribution is -2.42. The van der Waals surface area contributed by atoms with Crippen LogP contribution in [0.2, 0.25) is 0 Å². The zero-order valence-corrected chi connectivity index (χ0v) is 18.3. The molecule has 2 heterocycles. The minimum absolute atomic E-state index is 0.106. The van der Waals surface area contributed by atoms with Crippen LogP contribution in [0, 0.1) is 13.8 Å². The largest absolute Gasteiger partial charge is 0.493 e. The molecule has 1 aliphatic heterocycles. The molecule has 0 aliphatic carbocycles. The van der Waals surface area contributed by atoms with Crippen LogP contribution in [-0.2, 0) is 16.1 Å². The van der Waals surface area contributed by atoms with Gasteiger partial charge in [0.15, 0.2) is 5.16 Å². The number of morpholine rings is 1. The van der Waals surface area contributed by atoms with E-state index < -0.39 is 0 Å². The number of aromatic nitrogens is 2. The van der Waals surface area contributed by atoms with E-state index in [0.29, 0.717) is 39.5 Å². The second-order valence-corrected chi connectivity index (χ2v) is 8.47. The number of amides is 1. The van der Waals surface area contributed by atoms with Crippen molar-refractivity contribution in [1.82, 2.24) is 14.5 Å². The van der Waals surface area contributed by atoms with Crippen molar-refractivity contribution < 1.29 is 14.3 Å². The molecule has 2 aromatic carbocycles. The van der Waals surface area contributed by atoms with Crippen LogP contribution in [0.25, 0.3) is 11.0 Å². The number of hydrogen-bond donors (Lipinski definition) is 0. The number of fused-ring (bicyclic) bond motifs is 1. The molecule has 3 aromatic rings. The van der Waals surface area contributed by atoms with Gasteiger partial charge in [0.25, 0.3) is 0 Å². The van der Waals surface area contributed by atoms with Crippen LogP contribution in [-0.4, -0.2) is 59.0 Å². The maximum absolute atomic E-state index is 12.8. The number of thioether (sulfide) groups is 1. The third-order valence-corrected chi connectivity index (χ3v) is 6.28. The minimum atomic E-state index is 0.106. The zero-order chi connectivity index (χ0) is 20.9. The summed E-state index contributed by atoms with van der Waals surface area (Å²) in [5.41, 5.74) is 4.38. The summed E-state index contributed by atoms with van der Waals surface area (Å²) in [4.78, 5) is 19.5. The molecule has 0 bridgehead atoms. The van der Waals surface area contributed by atoms with Crippen molar-refractivity contribution in [3.05, 3.63) is 53.6 Å². The lowest BCUT2D eigenvalue weighted by molar-refractivity contribution is -0.135. The Morgan fingerprint density at radius 3 is 2.73 bits per heavy atom. The first kappa shape index (κ1) is 20.8. The van der Waals surface area contributed by atoms with Crippen LogP contribution in [0.1, 0.15) is 11.1 Å². The fraction of sp³-hybridized carbons (Fsp3) is 0.391. The number of carbonyl (C=O) groups excluding carboxylic acids is 1. The van der Waals surface area contributed by atoms with Crippen molar-refractivity contribution in [3.8, 4) is 5.75 Å². The topological polar surface area (TPSA) is 56.6 Å². The van der Waals surface area contributed by atoms with E-state index in [0.717, 1.165) is 27.7 Å². The molecule has 0 radical (unpaired) electrons. The zero-order valence-electron chi connectivity index (χ0n) is 17.5. The number of hydrogen-bond acceptors (Lipinski definition) is 5. The van der Waals surface area contributed by atoms with Crippen LogP contribution < -0.4 is 4.74 Å². The second kappa shape index (κ2) is 9.53. The fourth-order valence-corrected chi connectivity index (χ4v) is 4.29. The van der Waals surface area contributed by atoms with Crippen LogP contribution in [0.5, 0.6) is 5.75 Å². The highest BCUT2D eigenvalue weighted by Gasteiger charge is 2.20. The van der Waals surface area contributed by atoms with Gasteiger partial charge in [0.2, 0.25) is 5.91 Å². The first-order valence-corrected chi connectivity index (χ1v) is 11.2.